The Hall–Kier alpha value is -1.81. The highest BCUT2D eigenvalue weighted by atomic mass is 16.5. The van der Waals surface area contributed by atoms with Gasteiger partial charge in [-0.25, -0.2) is 0 Å². The van der Waals surface area contributed by atoms with Gasteiger partial charge in [-0.05, 0) is 32.4 Å². The quantitative estimate of drug-likeness (QED) is 0.532. The summed E-state index contributed by atoms with van der Waals surface area (Å²) in [5.41, 5.74) is 2.19. The number of carbonyl (C=O) groups is 1. The summed E-state index contributed by atoms with van der Waals surface area (Å²) in [7, 11) is 0. The second-order valence-electron chi connectivity index (χ2n) is 5.12. The Balaban J connectivity index is 2.00. The van der Waals surface area contributed by atoms with E-state index in [0.29, 0.717) is 39.2 Å². The van der Waals surface area contributed by atoms with Crippen molar-refractivity contribution < 1.29 is 14.3 Å². The number of benzene rings is 1. The van der Waals surface area contributed by atoms with E-state index in [1.165, 1.54) is 5.56 Å². The van der Waals surface area contributed by atoms with Gasteiger partial charge in [0.25, 0.3) is 0 Å². The first-order valence-corrected chi connectivity index (χ1v) is 7.26. The van der Waals surface area contributed by atoms with Crippen LogP contribution in [-0.2, 0) is 9.53 Å². The number of carbonyl (C=O) groups excluding carboxylic acids is 1. The zero-order valence-electron chi connectivity index (χ0n) is 13.0. The topological polar surface area (TPSA) is 47.6 Å². The number of hydrogen-bond acceptors (Lipinski definition) is 3. The summed E-state index contributed by atoms with van der Waals surface area (Å²) in [5.74, 6) is 0.871. The van der Waals surface area contributed by atoms with Crippen molar-refractivity contribution in [3.8, 4) is 5.75 Å². The number of aryl methyl sites for hydroxylation is 1. The molecule has 0 bridgehead atoms. The molecule has 0 atom stereocenters. The summed E-state index contributed by atoms with van der Waals surface area (Å²) in [6, 6.07) is 7.89. The van der Waals surface area contributed by atoms with Gasteiger partial charge in [-0.1, -0.05) is 29.8 Å². The molecule has 1 rings (SSSR count). The van der Waals surface area contributed by atoms with Crippen LogP contribution in [0.4, 0.5) is 0 Å². The summed E-state index contributed by atoms with van der Waals surface area (Å²) in [6.07, 6.45) is 1.17. The molecule has 0 heterocycles. The van der Waals surface area contributed by atoms with Crippen LogP contribution in [0.2, 0.25) is 0 Å². The van der Waals surface area contributed by atoms with Crippen LogP contribution in [0.1, 0.15) is 25.3 Å². The lowest BCUT2D eigenvalue weighted by Gasteiger charge is -2.08. The van der Waals surface area contributed by atoms with Gasteiger partial charge in [0.15, 0.2) is 0 Å². The van der Waals surface area contributed by atoms with Gasteiger partial charge in [-0.15, -0.1) is 0 Å². The molecule has 1 aromatic rings. The first kappa shape index (κ1) is 17.2. The maximum Gasteiger partial charge on any atom is 0.220 e. The average molecular weight is 291 g/mol. The fraction of sp³-hybridized carbons (Fsp3) is 0.471. The molecule has 0 aliphatic rings. The SMILES string of the molecule is C=C(C)COCCNC(=O)CCCOc1ccc(C)cc1. The van der Waals surface area contributed by atoms with E-state index in [1.54, 1.807) is 0 Å². The molecule has 0 radical (unpaired) electrons. The number of ether oxygens (including phenoxy) is 2. The summed E-state index contributed by atoms with van der Waals surface area (Å²) in [5, 5.41) is 2.81. The number of nitrogens with one attached hydrogen (secondary N) is 1. The monoisotopic (exact) mass is 291 g/mol. The third-order valence-electron chi connectivity index (χ3n) is 2.75. The molecule has 0 aliphatic heterocycles. The van der Waals surface area contributed by atoms with Crippen molar-refractivity contribution in [3.05, 3.63) is 42.0 Å². The van der Waals surface area contributed by atoms with E-state index in [9.17, 15) is 4.79 Å². The van der Waals surface area contributed by atoms with Crippen LogP contribution in [-0.4, -0.2) is 32.3 Å². The van der Waals surface area contributed by atoms with E-state index in [4.69, 9.17) is 9.47 Å². The zero-order chi connectivity index (χ0) is 15.5. The Labute approximate surface area is 127 Å². The molecule has 1 amide bonds. The molecule has 0 aromatic heterocycles. The molecule has 116 valence electrons. The Morgan fingerprint density at radius 1 is 1.24 bits per heavy atom. The third-order valence-corrected chi connectivity index (χ3v) is 2.75. The van der Waals surface area contributed by atoms with Crippen LogP contribution >= 0.6 is 0 Å². The number of rotatable bonds is 10. The first-order chi connectivity index (χ1) is 10.1. The maximum absolute atomic E-state index is 11.6. The molecule has 1 N–H and O–H groups in total. The fourth-order valence-corrected chi connectivity index (χ4v) is 1.65. The van der Waals surface area contributed by atoms with Crippen LogP contribution < -0.4 is 10.1 Å². The predicted octanol–water partition coefficient (Wildman–Crippen LogP) is 2.86. The van der Waals surface area contributed by atoms with Crippen molar-refractivity contribution >= 4 is 5.91 Å². The molecular weight excluding hydrogens is 266 g/mol. The van der Waals surface area contributed by atoms with Gasteiger partial charge in [0, 0.05) is 13.0 Å². The summed E-state index contributed by atoms with van der Waals surface area (Å²) in [6.45, 7) is 9.82. The summed E-state index contributed by atoms with van der Waals surface area (Å²) >= 11 is 0. The van der Waals surface area contributed by atoms with Gasteiger partial charge in [0.2, 0.25) is 5.91 Å². The van der Waals surface area contributed by atoms with Gasteiger partial charge in [-0.2, -0.15) is 0 Å². The van der Waals surface area contributed by atoms with Gasteiger partial charge < -0.3 is 14.8 Å². The Bertz CT molecular complexity index is 440. The van der Waals surface area contributed by atoms with Crippen molar-refractivity contribution in [2.45, 2.75) is 26.7 Å². The largest absolute Gasteiger partial charge is 0.494 e. The second-order valence-corrected chi connectivity index (χ2v) is 5.12. The van der Waals surface area contributed by atoms with E-state index < -0.39 is 0 Å². The van der Waals surface area contributed by atoms with E-state index in [-0.39, 0.29) is 5.91 Å². The molecule has 4 nitrogen and oxygen atoms in total. The van der Waals surface area contributed by atoms with Crippen LogP contribution in [0.25, 0.3) is 0 Å². The highest BCUT2D eigenvalue weighted by Gasteiger charge is 2.01. The van der Waals surface area contributed by atoms with Crippen molar-refractivity contribution in [2.24, 2.45) is 0 Å². The van der Waals surface area contributed by atoms with Crippen LogP contribution in [0.5, 0.6) is 5.75 Å². The van der Waals surface area contributed by atoms with Crippen LogP contribution in [0, 0.1) is 6.92 Å². The van der Waals surface area contributed by atoms with Crippen molar-refractivity contribution in [3.63, 3.8) is 0 Å². The van der Waals surface area contributed by atoms with Gasteiger partial charge >= 0.3 is 0 Å². The Morgan fingerprint density at radius 3 is 2.62 bits per heavy atom. The van der Waals surface area contributed by atoms with E-state index in [2.05, 4.69) is 11.9 Å². The lowest BCUT2D eigenvalue weighted by atomic mass is 10.2. The van der Waals surface area contributed by atoms with Gasteiger partial charge in [0.05, 0.1) is 19.8 Å². The van der Waals surface area contributed by atoms with Crippen LogP contribution in [0.3, 0.4) is 0 Å². The standard InChI is InChI=1S/C17H25NO3/c1-14(2)13-20-12-10-18-17(19)5-4-11-21-16-8-6-15(3)7-9-16/h6-9H,1,4-5,10-13H2,2-3H3,(H,18,19). The van der Waals surface area contributed by atoms with Crippen molar-refractivity contribution in [2.75, 3.05) is 26.4 Å². The van der Waals surface area contributed by atoms with Gasteiger partial charge in [0.1, 0.15) is 5.75 Å². The molecule has 0 spiro atoms. The van der Waals surface area contributed by atoms with E-state index >= 15 is 0 Å². The first-order valence-electron chi connectivity index (χ1n) is 7.26. The fourth-order valence-electron chi connectivity index (χ4n) is 1.65. The molecule has 0 fully saturated rings. The normalized spacial score (nSPS) is 10.2. The smallest absolute Gasteiger partial charge is 0.220 e. The molecule has 0 aliphatic carbocycles. The average Bonchev–Trinajstić information content (AvgIpc) is 2.45. The summed E-state index contributed by atoms with van der Waals surface area (Å²) in [4.78, 5) is 11.6. The minimum atomic E-state index is 0.0291. The van der Waals surface area contributed by atoms with Crippen LogP contribution in [0.15, 0.2) is 36.4 Å². The minimum Gasteiger partial charge on any atom is -0.494 e. The lowest BCUT2D eigenvalue weighted by Crippen LogP contribution is -2.27. The lowest BCUT2D eigenvalue weighted by molar-refractivity contribution is -0.121. The number of hydrogen-bond donors (Lipinski definition) is 1. The maximum atomic E-state index is 11.6. The number of amides is 1. The molecule has 0 saturated heterocycles. The highest BCUT2D eigenvalue weighted by Crippen LogP contribution is 2.11. The predicted molar refractivity (Wildman–Crippen MR) is 84.6 cm³/mol. The third kappa shape index (κ3) is 8.87. The van der Waals surface area contributed by atoms with E-state index in [1.807, 2.05) is 38.1 Å². The summed E-state index contributed by atoms with van der Waals surface area (Å²) < 4.78 is 10.9. The van der Waals surface area contributed by atoms with Crippen molar-refractivity contribution in [1.82, 2.24) is 5.32 Å². The molecular formula is C17H25NO3. The minimum absolute atomic E-state index is 0.0291. The molecule has 0 unspecified atom stereocenters. The molecule has 4 heteroatoms. The molecule has 1 aromatic carbocycles. The Kier molecular flexibility index (Phi) is 8.21. The molecule has 0 saturated carbocycles. The highest BCUT2D eigenvalue weighted by molar-refractivity contribution is 5.75. The molecule has 21 heavy (non-hydrogen) atoms. The Morgan fingerprint density at radius 2 is 1.95 bits per heavy atom. The van der Waals surface area contributed by atoms with E-state index in [0.717, 1.165) is 11.3 Å². The second kappa shape index (κ2) is 10.00. The zero-order valence-corrected chi connectivity index (χ0v) is 13.0. The van der Waals surface area contributed by atoms with Crippen molar-refractivity contribution in [1.29, 1.82) is 0 Å². The van der Waals surface area contributed by atoms with Gasteiger partial charge in [-0.3, -0.25) is 4.79 Å².